The van der Waals surface area contributed by atoms with Gasteiger partial charge in [-0.3, -0.25) is 4.79 Å². The number of aliphatic carboxylic acids is 1. The van der Waals surface area contributed by atoms with Gasteiger partial charge in [-0.1, -0.05) is 6.92 Å². The van der Waals surface area contributed by atoms with E-state index in [2.05, 4.69) is 5.32 Å². The fourth-order valence-corrected chi connectivity index (χ4v) is 0.213. The van der Waals surface area contributed by atoms with Crippen molar-refractivity contribution in [3.05, 3.63) is 0 Å². The maximum atomic E-state index is 10.1. The molecule has 0 radical (unpaired) electrons. The van der Waals surface area contributed by atoms with E-state index in [1.807, 2.05) is 0 Å². The molecule has 0 aromatic heterocycles. The van der Waals surface area contributed by atoms with E-state index >= 15 is 0 Å². The summed E-state index contributed by atoms with van der Waals surface area (Å²) in [6, 6.07) is 0. The number of nitrogens with one attached hydrogen (secondary N) is 1. The van der Waals surface area contributed by atoms with Crippen LogP contribution in [0.1, 0.15) is 20.3 Å². The summed E-state index contributed by atoms with van der Waals surface area (Å²) in [5.74, 6) is -1.21. The molecule has 0 rings (SSSR count). The summed E-state index contributed by atoms with van der Waals surface area (Å²) in [7, 11) is 0. The van der Waals surface area contributed by atoms with Crippen LogP contribution in [0.15, 0.2) is 0 Å². The Morgan fingerprint density at radius 3 is 1.79 bits per heavy atom. The predicted octanol–water partition coefficient (Wildman–Crippen LogP) is -4.19. The first-order valence-electron chi connectivity index (χ1n) is 3.09. The number of amides is 1. The molecule has 0 aliphatic heterocycles. The molecule has 0 unspecified atom stereocenters. The molecule has 6 nitrogen and oxygen atoms in total. The van der Waals surface area contributed by atoms with Crippen molar-refractivity contribution in [3.8, 4) is 0 Å². The van der Waals surface area contributed by atoms with E-state index in [-0.39, 0.29) is 60.8 Å². The number of carboxylic acids is 1. The van der Waals surface area contributed by atoms with E-state index in [0.29, 0.717) is 6.42 Å². The first kappa shape index (κ1) is 29.2. The largest absolute Gasteiger partial charge is 1.00 e. The molecule has 0 aliphatic carbocycles. The van der Waals surface area contributed by atoms with Crippen LogP contribution in [-0.2, 0) is 9.59 Å². The summed E-state index contributed by atoms with van der Waals surface area (Å²) in [5.41, 5.74) is 0. The van der Waals surface area contributed by atoms with Gasteiger partial charge < -0.3 is 26.5 Å². The van der Waals surface area contributed by atoms with Crippen LogP contribution in [0.2, 0.25) is 0 Å². The van der Waals surface area contributed by atoms with E-state index in [0.717, 1.165) is 6.92 Å². The van der Waals surface area contributed by atoms with Crippen LogP contribution in [0.25, 0.3) is 0 Å². The van der Waals surface area contributed by atoms with Crippen molar-refractivity contribution in [2.45, 2.75) is 20.3 Å². The second-order valence-electron chi connectivity index (χ2n) is 1.60. The fourth-order valence-electron chi connectivity index (χ4n) is 0.213. The van der Waals surface area contributed by atoms with E-state index in [9.17, 15) is 4.79 Å². The average Bonchev–Trinajstić information content (AvgIpc) is 1.87. The molecule has 8 heteroatoms. The van der Waals surface area contributed by atoms with E-state index in [1.54, 1.807) is 6.92 Å². The monoisotopic (exact) mass is 238 g/mol. The number of aliphatic hydroxyl groups is 1. The summed E-state index contributed by atoms with van der Waals surface area (Å²) in [5, 5.41) is 19.1. The van der Waals surface area contributed by atoms with Gasteiger partial charge in [-0.05, 0) is 6.92 Å². The molecular formula is C6H16ClN2NaO4. The average molecular weight is 239 g/mol. The molecule has 82 valence electrons. The van der Waals surface area contributed by atoms with Crippen LogP contribution in [0.5, 0.6) is 0 Å². The van der Waals surface area contributed by atoms with Gasteiger partial charge in [0.1, 0.15) is 6.73 Å². The quantitative estimate of drug-likeness (QED) is 0.332. The minimum absolute atomic E-state index is 0. The second-order valence-corrected chi connectivity index (χ2v) is 1.60. The molecule has 0 heterocycles. The van der Waals surface area contributed by atoms with Crippen LogP contribution in [0, 0.1) is 0 Å². The van der Waals surface area contributed by atoms with Gasteiger partial charge in [0.15, 0.2) is 0 Å². The molecule has 0 aromatic carbocycles. The Bertz CT molecular complexity index is 133. The Kier molecular flexibility index (Phi) is 48.4. The molecule has 0 saturated carbocycles. The first-order valence-corrected chi connectivity index (χ1v) is 3.09. The summed E-state index contributed by atoms with van der Waals surface area (Å²) in [6.45, 7) is 2.44. The fraction of sp³-hybridized carbons (Fsp3) is 0.667. The number of carbonyl (C=O) groups is 2. The minimum atomic E-state index is -1.08. The minimum Gasteiger partial charge on any atom is -0.550 e. The molecule has 0 aliphatic rings. The van der Waals surface area contributed by atoms with Crippen LogP contribution >= 0.6 is 12.4 Å². The van der Waals surface area contributed by atoms with Gasteiger partial charge in [0, 0.05) is 12.4 Å². The molecular weight excluding hydrogens is 223 g/mol. The third kappa shape index (κ3) is 57.0. The summed E-state index contributed by atoms with van der Waals surface area (Å²) >= 11 is 0. The molecule has 0 bridgehead atoms. The SMILES string of the molecule is CC(=O)[O-].CCC(=O)NCO.Cl.N.[Na+]. The Morgan fingerprint density at radius 2 is 1.71 bits per heavy atom. The Balaban J connectivity index is -0.0000000347. The first-order chi connectivity index (χ1) is 5.04. The molecule has 0 aromatic rings. The number of hydrogen-bond donors (Lipinski definition) is 3. The standard InChI is InChI=1S/C4H9NO2.C2H4O2.ClH.H3N.Na/c1-2-4(7)5-3-6;1-2(3)4;;;/h6H,2-3H2,1H3,(H,5,7);1H3,(H,3,4);1H;1H3;/q;;;;+1/p-1. The smallest absolute Gasteiger partial charge is 0.550 e. The van der Waals surface area contributed by atoms with Gasteiger partial charge in [0.2, 0.25) is 5.91 Å². The zero-order valence-electron chi connectivity index (χ0n) is 8.70. The molecule has 0 saturated heterocycles. The van der Waals surface area contributed by atoms with Crippen molar-refractivity contribution < 1.29 is 49.4 Å². The van der Waals surface area contributed by atoms with Crippen molar-refractivity contribution in [1.29, 1.82) is 0 Å². The normalized spacial score (nSPS) is 5.93. The second kappa shape index (κ2) is 23.2. The number of rotatable bonds is 2. The number of hydrogen-bond acceptors (Lipinski definition) is 5. The zero-order valence-corrected chi connectivity index (χ0v) is 11.5. The van der Waals surface area contributed by atoms with Gasteiger partial charge in [-0.2, -0.15) is 0 Å². The number of halogens is 1. The maximum absolute atomic E-state index is 10.1. The van der Waals surface area contributed by atoms with Crippen LogP contribution < -0.4 is 46.1 Å². The van der Waals surface area contributed by atoms with Crippen molar-refractivity contribution in [3.63, 3.8) is 0 Å². The third-order valence-electron chi connectivity index (χ3n) is 0.597. The van der Waals surface area contributed by atoms with Crippen LogP contribution in [-0.4, -0.2) is 23.7 Å². The van der Waals surface area contributed by atoms with E-state index in [1.165, 1.54) is 0 Å². The van der Waals surface area contributed by atoms with Gasteiger partial charge in [-0.15, -0.1) is 12.4 Å². The zero-order chi connectivity index (χ0) is 9.28. The maximum Gasteiger partial charge on any atom is 1.00 e. The molecule has 5 N–H and O–H groups in total. The van der Waals surface area contributed by atoms with E-state index < -0.39 is 5.97 Å². The summed E-state index contributed by atoms with van der Waals surface area (Å²) < 4.78 is 0. The van der Waals surface area contributed by atoms with Crippen LogP contribution in [0.3, 0.4) is 0 Å². The Labute approximate surface area is 112 Å². The van der Waals surface area contributed by atoms with Crippen LogP contribution in [0.4, 0.5) is 0 Å². The Morgan fingerprint density at radius 1 is 1.43 bits per heavy atom. The number of carboxylic acid groups (broad SMARTS) is 1. The summed E-state index contributed by atoms with van der Waals surface area (Å²) in [4.78, 5) is 19.0. The van der Waals surface area contributed by atoms with Crippen molar-refractivity contribution >= 4 is 24.3 Å². The molecule has 1 amide bonds. The van der Waals surface area contributed by atoms with Crippen molar-refractivity contribution in [1.82, 2.24) is 11.5 Å². The third-order valence-corrected chi connectivity index (χ3v) is 0.597. The Hall–Kier alpha value is 0.150. The summed E-state index contributed by atoms with van der Waals surface area (Å²) in [6.07, 6.45) is 0.431. The number of carbonyl (C=O) groups excluding carboxylic acids is 2. The van der Waals surface area contributed by atoms with Crippen molar-refractivity contribution in [2.24, 2.45) is 0 Å². The van der Waals surface area contributed by atoms with Gasteiger partial charge in [0.05, 0.1) is 0 Å². The van der Waals surface area contributed by atoms with Gasteiger partial charge in [-0.25, -0.2) is 0 Å². The molecule has 0 atom stereocenters. The predicted molar refractivity (Wildman–Crippen MR) is 48.5 cm³/mol. The van der Waals surface area contributed by atoms with E-state index in [4.69, 9.17) is 15.0 Å². The molecule has 0 fully saturated rings. The van der Waals surface area contributed by atoms with Gasteiger partial charge >= 0.3 is 29.6 Å². The number of aliphatic hydroxyl groups excluding tert-OH is 1. The molecule has 0 spiro atoms. The van der Waals surface area contributed by atoms with Crippen molar-refractivity contribution in [2.75, 3.05) is 6.73 Å². The van der Waals surface area contributed by atoms with Gasteiger partial charge in [0.25, 0.3) is 0 Å². The topological polar surface area (TPSA) is 124 Å². The molecule has 14 heavy (non-hydrogen) atoms.